The Balaban J connectivity index is 1.91. The van der Waals surface area contributed by atoms with Crippen LogP contribution in [0.4, 0.5) is 11.5 Å². The van der Waals surface area contributed by atoms with Crippen molar-refractivity contribution in [2.45, 2.75) is 13.3 Å². The van der Waals surface area contributed by atoms with Crippen LogP contribution < -0.4 is 10.6 Å². The molecule has 1 aromatic carbocycles. The summed E-state index contributed by atoms with van der Waals surface area (Å²) in [6.07, 6.45) is 2.64. The Hall–Kier alpha value is -1.92. The molecule has 1 amide bonds. The van der Waals surface area contributed by atoms with Crippen molar-refractivity contribution in [3.05, 3.63) is 52.1 Å². The smallest absolute Gasteiger partial charge is 0.257 e. The van der Waals surface area contributed by atoms with Crippen LogP contribution in [0.2, 0.25) is 0 Å². The SMILES string of the molecule is Cc1cc(Br)ccc1NC(=O)c1ccc(NCCCN(C)C)nc1. The first kappa shape index (κ1) is 18.4. The molecule has 0 atom stereocenters. The molecule has 0 saturated heterocycles. The number of rotatable bonds is 7. The van der Waals surface area contributed by atoms with E-state index in [0.717, 1.165) is 41.1 Å². The van der Waals surface area contributed by atoms with E-state index in [0.29, 0.717) is 5.56 Å². The van der Waals surface area contributed by atoms with E-state index in [1.807, 2.05) is 31.2 Å². The summed E-state index contributed by atoms with van der Waals surface area (Å²) in [7, 11) is 4.11. The van der Waals surface area contributed by atoms with E-state index in [1.165, 1.54) is 0 Å². The van der Waals surface area contributed by atoms with Crippen LogP contribution in [0.1, 0.15) is 22.3 Å². The first-order valence-electron chi connectivity index (χ1n) is 7.88. The Kier molecular flexibility index (Phi) is 6.75. The average molecular weight is 391 g/mol. The maximum Gasteiger partial charge on any atom is 0.257 e. The molecule has 0 aliphatic heterocycles. The number of carbonyl (C=O) groups excluding carboxylic acids is 1. The Morgan fingerprint density at radius 2 is 2.04 bits per heavy atom. The molecule has 2 aromatic rings. The molecule has 1 heterocycles. The van der Waals surface area contributed by atoms with Gasteiger partial charge in [-0.3, -0.25) is 4.79 Å². The molecule has 5 nitrogen and oxygen atoms in total. The van der Waals surface area contributed by atoms with Crippen LogP contribution in [-0.4, -0.2) is 43.0 Å². The van der Waals surface area contributed by atoms with Crippen LogP contribution >= 0.6 is 15.9 Å². The van der Waals surface area contributed by atoms with Crippen molar-refractivity contribution >= 4 is 33.3 Å². The third kappa shape index (κ3) is 5.62. The summed E-state index contributed by atoms with van der Waals surface area (Å²) < 4.78 is 0.990. The molecule has 0 unspecified atom stereocenters. The van der Waals surface area contributed by atoms with E-state index in [1.54, 1.807) is 12.3 Å². The summed E-state index contributed by atoms with van der Waals surface area (Å²) in [4.78, 5) is 18.8. The maximum absolute atomic E-state index is 12.3. The number of anilines is 2. The fourth-order valence-electron chi connectivity index (χ4n) is 2.21. The third-order valence-electron chi connectivity index (χ3n) is 3.55. The van der Waals surface area contributed by atoms with Gasteiger partial charge in [0.15, 0.2) is 0 Å². The van der Waals surface area contributed by atoms with Crippen LogP contribution in [0.25, 0.3) is 0 Å². The predicted molar refractivity (Wildman–Crippen MR) is 103 cm³/mol. The van der Waals surface area contributed by atoms with Crippen molar-refractivity contribution in [3.63, 3.8) is 0 Å². The minimum Gasteiger partial charge on any atom is -0.370 e. The van der Waals surface area contributed by atoms with Crippen molar-refractivity contribution < 1.29 is 4.79 Å². The number of hydrogen-bond acceptors (Lipinski definition) is 4. The molecule has 0 aliphatic rings. The van der Waals surface area contributed by atoms with Crippen LogP contribution in [0.15, 0.2) is 41.0 Å². The molecule has 0 bridgehead atoms. The number of hydrogen-bond donors (Lipinski definition) is 2. The Labute approximate surface area is 151 Å². The summed E-state index contributed by atoms with van der Waals surface area (Å²) in [6, 6.07) is 9.37. The number of nitrogens with zero attached hydrogens (tertiary/aromatic N) is 2. The zero-order valence-corrected chi connectivity index (χ0v) is 15.9. The zero-order chi connectivity index (χ0) is 17.5. The highest BCUT2D eigenvalue weighted by Gasteiger charge is 2.08. The second-order valence-corrected chi connectivity index (χ2v) is 6.84. The van der Waals surface area contributed by atoms with Gasteiger partial charge in [0, 0.05) is 22.9 Å². The van der Waals surface area contributed by atoms with Gasteiger partial charge in [-0.2, -0.15) is 0 Å². The van der Waals surface area contributed by atoms with Gasteiger partial charge in [0.2, 0.25) is 0 Å². The number of benzene rings is 1. The molecule has 1 aromatic heterocycles. The van der Waals surface area contributed by atoms with Gasteiger partial charge in [-0.1, -0.05) is 15.9 Å². The molecule has 2 rings (SSSR count). The normalized spacial score (nSPS) is 10.7. The topological polar surface area (TPSA) is 57.3 Å². The lowest BCUT2D eigenvalue weighted by molar-refractivity contribution is 0.102. The fourth-order valence-corrected chi connectivity index (χ4v) is 2.68. The lowest BCUT2D eigenvalue weighted by atomic mass is 10.2. The second-order valence-electron chi connectivity index (χ2n) is 5.93. The molecular formula is C18H23BrN4O. The molecule has 24 heavy (non-hydrogen) atoms. The van der Waals surface area contributed by atoms with Gasteiger partial charge in [-0.05, 0) is 69.9 Å². The monoisotopic (exact) mass is 390 g/mol. The van der Waals surface area contributed by atoms with E-state index in [9.17, 15) is 4.79 Å². The predicted octanol–water partition coefficient (Wildman–Crippen LogP) is 3.77. The zero-order valence-electron chi connectivity index (χ0n) is 14.3. The second kappa shape index (κ2) is 8.80. The molecule has 2 N–H and O–H groups in total. The summed E-state index contributed by atoms with van der Waals surface area (Å²) in [5, 5.41) is 6.17. The van der Waals surface area contributed by atoms with Crippen molar-refractivity contribution in [1.29, 1.82) is 0 Å². The molecule has 0 fully saturated rings. The van der Waals surface area contributed by atoms with Crippen LogP contribution in [0, 0.1) is 6.92 Å². The van der Waals surface area contributed by atoms with Gasteiger partial charge >= 0.3 is 0 Å². The standard InChI is InChI=1S/C18H23BrN4O/c1-13-11-15(19)6-7-16(13)22-18(24)14-5-8-17(21-12-14)20-9-4-10-23(2)3/h5-8,11-12H,4,9-10H2,1-3H3,(H,20,21)(H,22,24). The Morgan fingerprint density at radius 1 is 1.25 bits per heavy atom. The van der Waals surface area contributed by atoms with E-state index in [-0.39, 0.29) is 5.91 Å². The molecule has 6 heteroatoms. The Bertz CT molecular complexity index is 686. The molecular weight excluding hydrogens is 368 g/mol. The number of amides is 1. The highest BCUT2D eigenvalue weighted by molar-refractivity contribution is 9.10. The number of pyridine rings is 1. The molecule has 0 spiro atoms. The highest BCUT2D eigenvalue weighted by Crippen LogP contribution is 2.20. The van der Waals surface area contributed by atoms with Crippen molar-refractivity contribution in [1.82, 2.24) is 9.88 Å². The fraction of sp³-hybridized carbons (Fsp3) is 0.333. The molecule has 0 saturated carbocycles. The summed E-state index contributed by atoms with van der Waals surface area (Å²) in [5.74, 6) is 0.622. The van der Waals surface area contributed by atoms with E-state index in [4.69, 9.17) is 0 Å². The Morgan fingerprint density at radius 3 is 2.67 bits per heavy atom. The lowest BCUT2D eigenvalue weighted by Crippen LogP contribution is -2.17. The largest absolute Gasteiger partial charge is 0.370 e. The van der Waals surface area contributed by atoms with Gasteiger partial charge in [0.25, 0.3) is 5.91 Å². The number of carbonyl (C=O) groups is 1. The van der Waals surface area contributed by atoms with Gasteiger partial charge in [-0.25, -0.2) is 4.98 Å². The van der Waals surface area contributed by atoms with E-state index >= 15 is 0 Å². The van der Waals surface area contributed by atoms with Crippen molar-refractivity contribution in [2.24, 2.45) is 0 Å². The minimum absolute atomic E-state index is 0.160. The van der Waals surface area contributed by atoms with Crippen LogP contribution in [0.3, 0.4) is 0 Å². The van der Waals surface area contributed by atoms with Crippen molar-refractivity contribution in [2.75, 3.05) is 37.8 Å². The van der Waals surface area contributed by atoms with Crippen LogP contribution in [-0.2, 0) is 0 Å². The molecule has 0 aliphatic carbocycles. The number of halogens is 1. The third-order valence-corrected chi connectivity index (χ3v) is 4.04. The number of aryl methyl sites for hydroxylation is 1. The lowest BCUT2D eigenvalue weighted by Gasteiger charge is -2.11. The summed E-state index contributed by atoms with van der Waals surface area (Å²) in [6.45, 7) is 3.84. The average Bonchev–Trinajstić information content (AvgIpc) is 2.54. The van der Waals surface area contributed by atoms with Gasteiger partial charge in [0.1, 0.15) is 5.82 Å². The minimum atomic E-state index is -0.160. The quantitative estimate of drug-likeness (QED) is 0.706. The maximum atomic E-state index is 12.3. The molecule has 0 radical (unpaired) electrons. The van der Waals surface area contributed by atoms with Gasteiger partial charge < -0.3 is 15.5 Å². The summed E-state index contributed by atoms with van der Waals surface area (Å²) in [5.41, 5.74) is 2.34. The first-order valence-corrected chi connectivity index (χ1v) is 8.67. The number of aromatic nitrogens is 1. The summed E-state index contributed by atoms with van der Waals surface area (Å²) >= 11 is 3.42. The van der Waals surface area contributed by atoms with Gasteiger partial charge in [0.05, 0.1) is 5.56 Å². The highest BCUT2D eigenvalue weighted by atomic mass is 79.9. The van der Waals surface area contributed by atoms with Crippen molar-refractivity contribution in [3.8, 4) is 0 Å². The van der Waals surface area contributed by atoms with E-state index < -0.39 is 0 Å². The number of nitrogens with one attached hydrogen (secondary N) is 2. The molecule has 128 valence electrons. The van der Waals surface area contributed by atoms with E-state index in [2.05, 4.69) is 50.5 Å². The van der Waals surface area contributed by atoms with Crippen LogP contribution in [0.5, 0.6) is 0 Å². The first-order chi connectivity index (χ1) is 11.5. The van der Waals surface area contributed by atoms with Gasteiger partial charge in [-0.15, -0.1) is 0 Å².